The molecule has 0 atom stereocenters. The van der Waals surface area contributed by atoms with Crippen LogP contribution in [-0.4, -0.2) is 11.1 Å². The topological polar surface area (TPSA) is 32.3 Å². The Labute approximate surface area is 111 Å². The normalized spacial score (nSPS) is 19.9. The van der Waals surface area contributed by atoms with E-state index in [1.165, 1.54) is 25.7 Å². The minimum absolute atomic E-state index is 0.380. The molecule has 0 bridgehead atoms. The lowest BCUT2D eigenvalue weighted by molar-refractivity contribution is 0.406. The van der Waals surface area contributed by atoms with Crippen LogP contribution in [0.5, 0.6) is 5.75 Å². The van der Waals surface area contributed by atoms with E-state index in [0.29, 0.717) is 11.8 Å². The second kappa shape index (κ2) is 4.62. The van der Waals surface area contributed by atoms with E-state index in [1.807, 2.05) is 18.2 Å². The number of benzene rings is 1. The Hall–Kier alpha value is -0.540. The van der Waals surface area contributed by atoms with E-state index in [0.717, 1.165) is 28.4 Å². The van der Waals surface area contributed by atoms with E-state index in [4.69, 9.17) is 0 Å². The van der Waals surface area contributed by atoms with Crippen LogP contribution in [0.25, 0.3) is 0 Å². The van der Waals surface area contributed by atoms with Crippen molar-refractivity contribution in [3.05, 3.63) is 28.2 Å². The first-order valence-corrected chi connectivity index (χ1v) is 7.25. The molecule has 2 aliphatic carbocycles. The van der Waals surface area contributed by atoms with Crippen molar-refractivity contribution >= 4 is 15.9 Å². The first-order valence-electron chi connectivity index (χ1n) is 6.45. The predicted molar refractivity (Wildman–Crippen MR) is 71.9 cm³/mol. The summed E-state index contributed by atoms with van der Waals surface area (Å²) in [6.45, 7) is 0.781. The molecule has 0 radical (unpaired) electrons. The molecule has 2 aliphatic rings. The number of halogens is 1. The fraction of sp³-hybridized carbons (Fsp3) is 0.571. The number of nitrogens with one attached hydrogen (secondary N) is 1. The number of phenols is 1. The van der Waals surface area contributed by atoms with Crippen LogP contribution in [0.4, 0.5) is 0 Å². The molecule has 2 N–H and O–H groups in total. The highest BCUT2D eigenvalue weighted by molar-refractivity contribution is 9.10. The summed E-state index contributed by atoms with van der Waals surface area (Å²) in [6.07, 6.45) is 5.55. The first-order chi connectivity index (χ1) is 8.25. The number of aromatic hydroxyl groups is 1. The van der Waals surface area contributed by atoms with E-state index in [2.05, 4.69) is 21.2 Å². The summed E-state index contributed by atoms with van der Waals surface area (Å²) in [4.78, 5) is 0. The Bertz CT molecular complexity index is 401. The summed E-state index contributed by atoms with van der Waals surface area (Å²) in [6, 6.07) is 6.53. The van der Waals surface area contributed by atoms with Crippen molar-refractivity contribution in [2.24, 2.45) is 11.8 Å². The van der Waals surface area contributed by atoms with E-state index >= 15 is 0 Å². The molecule has 0 saturated heterocycles. The first kappa shape index (κ1) is 11.5. The van der Waals surface area contributed by atoms with Crippen molar-refractivity contribution in [1.29, 1.82) is 0 Å². The lowest BCUT2D eigenvalue weighted by Gasteiger charge is -2.18. The molecule has 3 heteroatoms. The third-order valence-electron chi connectivity index (χ3n) is 3.86. The van der Waals surface area contributed by atoms with Crippen LogP contribution in [0.2, 0.25) is 0 Å². The molecule has 2 saturated carbocycles. The Morgan fingerprint density at radius 1 is 1.24 bits per heavy atom. The Kier molecular flexibility index (Phi) is 3.14. The number of rotatable bonds is 5. The largest absolute Gasteiger partial charge is 0.506 e. The van der Waals surface area contributed by atoms with E-state index < -0.39 is 0 Å². The maximum Gasteiger partial charge on any atom is 0.134 e. The van der Waals surface area contributed by atoms with Crippen molar-refractivity contribution in [2.75, 3.05) is 0 Å². The van der Waals surface area contributed by atoms with E-state index in [-0.39, 0.29) is 0 Å². The van der Waals surface area contributed by atoms with Crippen molar-refractivity contribution in [1.82, 2.24) is 5.32 Å². The summed E-state index contributed by atoms with van der Waals surface area (Å²) >= 11 is 3.36. The number of para-hydroxylation sites is 1. The number of hydrogen-bond donors (Lipinski definition) is 2. The summed E-state index contributed by atoms with van der Waals surface area (Å²) in [5.41, 5.74) is 0.991. The highest BCUT2D eigenvalue weighted by atomic mass is 79.9. The molecule has 0 unspecified atom stereocenters. The van der Waals surface area contributed by atoms with Crippen LogP contribution < -0.4 is 5.32 Å². The molecular weight excluding hydrogens is 278 g/mol. The lowest BCUT2D eigenvalue weighted by Crippen LogP contribution is -2.32. The van der Waals surface area contributed by atoms with Crippen molar-refractivity contribution in [3.8, 4) is 5.75 Å². The van der Waals surface area contributed by atoms with Gasteiger partial charge in [0.25, 0.3) is 0 Å². The molecule has 0 heterocycles. The zero-order chi connectivity index (χ0) is 11.8. The molecule has 2 nitrogen and oxygen atoms in total. The third kappa shape index (κ3) is 2.66. The zero-order valence-electron chi connectivity index (χ0n) is 9.82. The molecule has 3 rings (SSSR count). The molecule has 0 spiro atoms. The molecule has 2 fully saturated rings. The molecule has 92 valence electrons. The zero-order valence-corrected chi connectivity index (χ0v) is 11.4. The van der Waals surface area contributed by atoms with Crippen LogP contribution in [-0.2, 0) is 6.54 Å². The molecule has 0 amide bonds. The van der Waals surface area contributed by atoms with E-state index in [1.54, 1.807) is 0 Å². The van der Waals surface area contributed by atoms with Gasteiger partial charge in [-0.2, -0.15) is 0 Å². The SMILES string of the molecule is Oc1c(Br)cccc1CNC(C1CC1)C1CC1. The van der Waals surface area contributed by atoms with Crippen LogP contribution in [0, 0.1) is 11.8 Å². The van der Waals surface area contributed by atoms with Crippen LogP contribution in [0.3, 0.4) is 0 Å². The second-order valence-electron chi connectivity index (χ2n) is 5.33. The smallest absolute Gasteiger partial charge is 0.134 e. The number of hydrogen-bond acceptors (Lipinski definition) is 2. The van der Waals surface area contributed by atoms with Crippen molar-refractivity contribution in [2.45, 2.75) is 38.3 Å². The Morgan fingerprint density at radius 3 is 2.47 bits per heavy atom. The van der Waals surface area contributed by atoms with Gasteiger partial charge in [-0.25, -0.2) is 0 Å². The Morgan fingerprint density at radius 2 is 1.88 bits per heavy atom. The average Bonchev–Trinajstić information content (AvgIpc) is 3.14. The molecule has 0 aliphatic heterocycles. The van der Waals surface area contributed by atoms with Gasteiger partial charge in [-0.05, 0) is 59.5 Å². The molecule has 0 aromatic heterocycles. The standard InChI is InChI=1S/C14H18BrNO/c15-12-3-1-2-11(14(12)17)8-16-13(9-4-5-9)10-6-7-10/h1-3,9-10,13,16-17H,4-8H2. The van der Waals surface area contributed by atoms with Gasteiger partial charge in [-0.1, -0.05) is 12.1 Å². The summed E-state index contributed by atoms with van der Waals surface area (Å²) in [5, 5.41) is 13.6. The van der Waals surface area contributed by atoms with Crippen molar-refractivity contribution in [3.63, 3.8) is 0 Å². The van der Waals surface area contributed by atoms with Gasteiger partial charge in [-0.15, -0.1) is 0 Å². The Balaban J connectivity index is 1.64. The monoisotopic (exact) mass is 295 g/mol. The van der Waals surface area contributed by atoms with Gasteiger partial charge in [0.15, 0.2) is 0 Å². The fourth-order valence-corrected chi connectivity index (χ4v) is 2.97. The van der Waals surface area contributed by atoms with Crippen LogP contribution >= 0.6 is 15.9 Å². The van der Waals surface area contributed by atoms with Gasteiger partial charge in [0, 0.05) is 18.2 Å². The van der Waals surface area contributed by atoms with Crippen molar-refractivity contribution < 1.29 is 5.11 Å². The highest BCUT2D eigenvalue weighted by Crippen LogP contribution is 2.44. The van der Waals surface area contributed by atoms with Crippen LogP contribution in [0.1, 0.15) is 31.2 Å². The summed E-state index contributed by atoms with van der Waals surface area (Å²) < 4.78 is 0.784. The lowest BCUT2D eigenvalue weighted by atomic mass is 10.1. The van der Waals surface area contributed by atoms with Gasteiger partial charge < -0.3 is 10.4 Å². The van der Waals surface area contributed by atoms with Gasteiger partial charge >= 0.3 is 0 Å². The molecular formula is C14H18BrNO. The number of phenolic OH excluding ortho intramolecular Hbond substituents is 1. The summed E-state index contributed by atoms with van der Waals surface area (Å²) in [7, 11) is 0. The third-order valence-corrected chi connectivity index (χ3v) is 4.50. The molecule has 1 aromatic carbocycles. The fourth-order valence-electron chi connectivity index (χ4n) is 2.56. The van der Waals surface area contributed by atoms with Gasteiger partial charge in [-0.3, -0.25) is 0 Å². The van der Waals surface area contributed by atoms with Gasteiger partial charge in [0.1, 0.15) is 5.75 Å². The minimum atomic E-state index is 0.380. The molecule has 17 heavy (non-hydrogen) atoms. The maximum absolute atomic E-state index is 9.93. The van der Waals surface area contributed by atoms with Gasteiger partial charge in [0.05, 0.1) is 4.47 Å². The van der Waals surface area contributed by atoms with Gasteiger partial charge in [0.2, 0.25) is 0 Å². The summed E-state index contributed by atoms with van der Waals surface area (Å²) in [5.74, 6) is 2.18. The van der Waals surface area contributed by atoms with Crippen LogP contribution in [0.15, 0.2) is 22.7 Å². The highest BCUT2D eigenvalue weighted by Gasteiger charge is 2.40. The predicted octanol–water partition coefficient (Wildman–Crippen LogP) is 3.43. The quantitative estimate of drug-likeness (QED) is 0.872. The van der Waals surface area contributed by atoms with E-state index in [9.17, 15) is 5.11 Å². The maximum atomic E-state index is 9.93. The average molecular weight is 296 g/mol. The molecule has 1 aromatic rings. The second-order valence-corrected chi connectivity index (χ2v) is 6.18. The minimum Gasteiger partial charge on any atom is -0.506 e.